The number of ether oxygens (including phenoxy) is 1. The van der Waals surface area contributed by atoms with Crippen LogP contribution in [0.25, 0.3) is 0 Å². The molecule has 1 atom stereocenters. The normalized spacial score (nSPS) is 12.4. The summed E-state index contributed by atoms with van der Waals surface area (Å²) in [4.78, 5) is 12.1. The van der Waals surface area contributed by atoms with Crippen LogP contribution in [0, 0.1) is 11.8 Å². The van der Waals surface area contributed by atoms with Crippen molar-refractivity contribution in [2.45, 2.75) is 53.1 Å². The maximum Gasteiger partial charge on any atom is 0.309 e. The van der Waals surface area contributed by atoms with Gasteiger partial charge in [-0.2, -0.15) is 0 Å². The van der Waals surface area contributed by atoms with Crippen LogP contribution in [-0.2, 0) is 16.1 Å². The van der Waals surface area contributed by atoms with Crippen molar-refractivity contribution in [3.05, 3.63) is 35.9 Å². The second-order valence-electron chi connectivity index (χ2n) is 5.44. The molecule has 0 bridgehead atoms. The molecular weight excluding hydrogens is 236 g/mol. The monoisotopic (exact) mass is 262 g/mol. The number of hydrogen-bond acceptors (Lipinski definition) is 2. The Labute approximate surface area is 117 Å². The van der Waals surface area contributed by atoms with Gasteiger partial charge in [-0.05, 0) is 17.9 Å². The van der Waals surface area contributed by atoms with Gasteiger partial charge in [0.2, 0.25) is 0 Å². The molecule has 0 heterocycles. The van der Waals surface area contributed by atoms with Crippen molar-refractivity contribution in [3.8, 4) is 0 Å². The third-order valence-electron chi connectivity index (χ3n) is 3.45. The maximum absolute atomic E-state index is 12.1. The standard InChI is InChI=1S/C17H26O2/c1-4-5-7-12-16(14(2)3)17(18)19-13-15-10-8-6-9-11-15/h6,8-11,14,16H,4-5,7,12-13H2,1-3H3/t16-/m0/s1. The van der Waals surface area contributed by atoms with Crippen LogP contribution in [0.15, 0.2) is 30.3 Å². The van der Waals surface area contributed by atoms with E-state index in [1.807, 2.05) is 30.3 Å². The Morgan fingerprint density at radius 1 is 1.16 bits per heavy atom. The average Bonchev–Trinajstić information content (AvgIpc) is 2.42. The van der Waals surface area contributed by atoms with Gasteiger partial charge in [0, 0.05) is 0 Å². The lowest BCUT2D eigenvalue weighted by Gasteiger charge is -2.19. The summed E-state index contributed by atoms with van der Waals surface area (Å²) in [6, 6.07) is 9.85. The molecule has 0 fully saturated rings. The first-order valence-electron chi connectivity index (χ1n) is 7.35. The quantitative estimate of drug-likeness (QED) is 0.506. The molecule has 0 saturated carbocycles. The van der Waals surface area contributed by atoms with Gasteiger partial charge in [0.25, 0.3) is 0 Å². The van der Waals surface area contributed by atoms with Gasteiger partial charge in [-0.1, -0.05) is 70.4 Å². The SMILES string of the molecule is CCCCC[C@H](C(=O)OCc1ccccc1)C(C)C. The van der Waals surface area contributed by atoms with Crippen LogP contribution in [0.5, 0.6) is 0 Å². The van der Waals surface area contributed by atoms with Crippen LogP contribution in [0.4, 0.5) is 0 Å². The number of unbranched alkanes of at least 4 members (excludes halogenated alkanes) is 2. The predicted molar refractivity (Wildman–Crippen MR) is 78.7 cm³/mol. The number of rotatable bonds is 8. The van der Waals surface area contributed by atoms with Crippen molar-refractivity contribution in [1.82, 2.24) is 0 Å². The predicted octanol–water partition coefficient (Wildman–Crippen LogP) is 4.58. The summed E-state index contributed by atoms with van der Waals surface area (Å²) in [5.41, 5.74) is 1.05. The number of benzene rings is 1. The van der Waals surface area contributed by atoms with E-state index in [1.165, 1.54) is 12.8 Å². The third-order valence-corrected chi connectivity index (χ3v) is 3.45. The Bertz CT molecular complexity index is 357. The van der Waals surface area contributed by atoms with E-state index in [1.54, 1.807) is 0 Å². The van der Waals surface area contributed by atoms with Crippen LogP contribution in [0.1, 0.15) is 52.0 Å². The Kier molecular flexibility index (Phi) is 7.24. The van der Waals surface area contributed by atoms with E-state index in [0.717, 1.165) is 18.4 Å². The van der Waals surface area contributed by atoms with E-state index in [-0.39, 0.29) is 11.9 Å². The van der Waals surface area contributed by atoms with Gasteiger partial charge in [-0.15, -0.1) is 0 Å². The molecule has 106 valence electrons. The van der Waals surface area contributed by atoms with E-state index < -0.39 is 0 Å². The molecule has 0 aliphatic carbocycles. The summed E-state index contributed by atoms with van der Waals surface area (Å²) in [6.07, 6.45) is 4.43. The summed E-state index contributed by atoms with van der Waals surface area (Å²) in [7, 11) is 0. The van der Waals surface area contributed by atoms with Gasteiger partial charge < -0.3 is 4.74 Å². The second kappa shape index (κ2) is 8.73. The fourth-order valence-corrected chi connectivity index (χ4v) is 2.17. The molecule has 0 aliphatic heterocycles. The molecule has 0 aliphatic rings. The smallest absolute Gasteiger partial charge is 0.309 e. The summed E-state index contributed by atoms with van der Waals surface area (Å²) in [5, 5.41) is 0. The van der Waals surface area contributed by atoms with Crippen molar-refractivity contribution < 1.29 is 9.53 Å². The zero-order valence-electron chi connectivity index (χ0n) is 12.4. The number of hydrogen-bond donors (Lipinski definition) is 0. The summed E-state index contributed by atoms with van der Waals surface area (Å²) < 4.78 is 5.44. The largest absolute Gasteiger partial charge is 0.461 e. The zero-order valence-corrected chi connectivity index (χ0v) is 12.4. The highest BCUT2D eigenvalue weighted by molar-refractivity contribution is 5.72. The van der Waals surface area contributed by atoms with Gasteiger partial charge in [-0.25, -0.2) is 0 Å². The van der Waals surface area contributed by atoms with Crippen molar-refractivity contribution in [2.24, 2.45) is 11.8 Å². The van der Waals surface area contributed by atoms with E-state index in [0.29, 0.717) is 12.5 Å². The summed E-state index contributed by atoms with van der Waals surface area (Å²) in [6.45, 7) is 6.76. The molecule has 0 aromatic heterocycles. The Morgan fingerprint density at radius 3 is 2.42 bits per heavy atom. The summed E-state index contributed by atoms with van der Waals surface area (Å²) >= 11 is 0. The molecule has 0 amide bonds. The number of esters is 1. The van der Waals surface area contributed by atoms with E-state index in [9.17, 15) is 4.79 Å². The number of carbonyl (C=O) groups is 1. The zero-order chi connectivity index (χ0) is 14.1. The Morgan fingerprint density at radius 2 is 1.84 bits per heavy atom. The molecule has 1 rings (SSSR count). The van der Waals surface area contributed by atoms with Crippen LogP contribution in [0.2, 0.25) is 0 Å². The summed E-state index contributed by atoms with van der Waals surface area (Å²) in [5.74, 6) is 0.338. The minimum absolute atomic E-state index is 0.0373. The van der Waals surface area contributed by atoms with Gasteiger partial charge in [0.15, 0.2) is 0 Å². The topological polar surface area (TPSA) is 26.3 Å². The van der Waals surface area contributed by atoms with Crippen molar-refractivity contribution in [1.29, 1.82) is 0 Å². The lowest BCUT2D eigenvalue weighted by atomic mass is 9.90. The van der Waals surface area contributed by atoms with E-state index in [4.69, 9.17) is 4.74 Å². The van der Waals surface area contributed by atoms with Crippen LogP contribution < -0.4 is 0 Å². The van der Waals surface area contributed by atoms with Gasteiger partial charge >= 0.3 is 5.97 Å². The van der Waals surface area contributed by atoms with Crippen molar-refractivity contribution >= 4 is 5.97 Å². The third kappa shape index (κ3) is 5.91. The molecule has 0 spiro atoms. The van der Waals surface area contributed by atoms with Gasteiger partial charge in [0.1, 0.15) is 6.61 Å². The number of carbonyl (C=O) groups excluding carboxylic acids is 1. The van der Waals surface area contributed by atoms with Crippen LogP contribution in [-0.4, -0.2) is 5.97 Å². The van der Waals surface area contributed by atoms with Crippen molar-refractivity contribution in [3.63, 3.8) is 0 Å². The molecule has 2 heteroatoms. The minimum atomic E-state index is -0.0463. The molecule has 0 saturated heterocycles. The highest BCUT2D eigenvalue weighted by Crippen LogP contribution is 2.21. The lowest BCUT2D eigenvalue weighted by molar-refractivity contribution is -0.151. The molecule has 19 heavy (non-hydrogen) atoms. The minimum Gasteiger partial charge on any atom is -0.461 e. The van der Waals surface area contributed by atoms with Crippen LogP contribution >= 0.6 is 0 Å². The van der Waals surface area contributed by atoms with Crippen LogP contribution in [0.3, 0.4) is 0 Å². The molecule has 0 radical (unpaired) electrons. The van der Waals surface area contributed by atoms with E-state index in [2.05, 4.69) is 20.8 Å². The molecule has 0 unspecified atom stereocenters. The average molecular weight is 262 g/mol. The van der Waals surface area contributed by atoms with Gasteiger partial charge in [0.05, 0.1) is 5.92 Å². The molecular formula is C17H26O2. The highest BCUT2D eigenvalue weighted by Gasteiger charge is 2.23. The molecule has 1 aromatic rings. The highest BCUT2D eigenvalue weighted by atomic mass is 16.5. The van der Waals surface area contributed by atoms with E-state index >= 15 is 0 Å². The fraction of sp³-hybridized carbons (Fsp3) is 0.588. The Hall–Kier alpha value is -1.31. The molecule has 2 nitrogen and oxygen atoms in total. The molecule has 0 N–H and O–H groups in total. The fourth-order valence-electron chi connectivity index (χ4n) is 2.17. The second-order valence-corrected chi connectivity index (χ2v) is 5.44. The Balaban J connectivity index is 2.43. The van der Waals surface area contributed by atoms with Crippen molar-refractivity contribution in [2.75, 3.05) is 0 Å². The first-order chi connectivity index (χ1) is 9.15. The maximum atomic E-state index is 12.1. The first kappa shape index (κ1) is 15.7. The molecule has 1 aromatic carbocycles. The first-order valence-corrected chi connectivity index (χ1v) is 7.35. The lowest BCUT2D eigenvalue weighted by Crippen LogP contribution is -2.22. The van der Waals surface area contributed by atoms with Gasteiger partial charge in [-0.3, -0.25) is 4.79 Å².